The van der Waals surface area contributed by atoms with E-state index in [1.807, 2.05) is 24.3 Å². The van der Waals surface area contributed by atoms with Gasteiger partial charge in [0.1, 0.15) is 0 Å². The molecule has 0 bridgehead atoms. The second-order valence-electron chi connectivity index (χ2n) is 10.6. The fourth-order valence-corrected chi connectivity index (χ4v) is 3.95. The monoisotopic (exact) mass is 434 g/mol. The lowest BCUT2D eigenvalue weighted by Crippen LogP contribution is -2.55. The number of carbonyl (C=O) groups excluding carboxylic acids is 2. The Kier molecular flexibility index (Phi) is 6.09. The summed E-state index contributed by atoms with van der Waals surface area (Å²) >= 11 is 0. The van der Waals surface area contributed by atoms with Crippen LogP contribution in [0.15, 0.2) is 54.2 Å². The Morgan fingerprint density at radius 3 is 1.44 bits per heavy atom. The maximum Gasteiger partial charge on any atom is 0.330 e. The van der Waals surface area contributed by atoms with E-state index in [2.05, 4.69) is 65.8 Å². The molecule has 1 unspecified atom stereocenters. The Labute approximate surface area is 191 Å². The highest BCUT2D eigenvalue weighted by Crippen LogP contribution is 2.35. The second-order valence-corrected chi connectivity index (χ2v) is 10.6. The van der Waals surface area contributed by atoms with E-state index >= 15 is 0 Å². The van der Waals surface area contributed by atoms with Gasteiger partial charge in [0, 0.05) is 19.7 Å². The molecule has 1 heterocycles. The van der Waals surface area contributed by atoms with Gasteiger partial charge >= 0.3 is 6.03 Å². The number of rotatable bonds is 2. The van der Waals surface area contributed by atoms with Crippen LogP contribution in [-0.2, 0) is 15.6 Å². The molecule has 170 valence electrons. The van der Waals surface area contributed by atoms with E-state index in [1.165, 1.54) is 23.1 Å². The van der Waals surface area contributed by atoms with Crippen molar-refractivity contribution in [3.8, 4) is 0 Å². The van der Waals surface area contributed by atoms with E-state index in [-0.39, 0.29) is 10.8 Å². The van der Waals surface area contributed by atoms with Crippen LogP contribution >= 0.6 is 0 Å². The van der Waals surface area contributed by atoms with Gasteiger partial charge in [-0.15, -0.1) is 0 Å². The van der Waals surface area contributed by atoms with Gasteiger partial charge in [0.2, 0.25) is 0 Å². The minimum Gasteiger partial charge on any atom is -0.377 e. The van der Waals surface area contributed by atoms with Crippen molar-refractivity contribution in [2.75, 3.05) is 14.1 Å². The fourth-order valence-electron chi connectivity index (χ4n) is 3.95. The molecule has 3 rings (SSSR count). The molecule has 1 fully saturated rings. The number of aliphatic hydroxyl groups is 1. The number of hydrogen-bond donors (Lipinski definition) is 1. The van der Waals surface area contributed by atoms with Gasteiger partial charge in [0.15, 0.2) is 6.10 Å². The van der Waals surface area contributed by atoms with Crippen LogP contribution in [0.4, 0.5) is 4.79 Å². The predicted molar refractivity (Wildman–Crippen MR) is 128 cm³/mol. The minimum atomic E-state index is -1.43. The average molecular weight is 435 g/mol. The Morgan fingerprint density at radius 1 is 0.719 bits per heavy atom. The first-order valence-corrected chi connectivity index (χ1v) is 10.9. The highest BCUT2D eigenvalue weighted by molar-refractivity contribution is 6.04. The molecule has 0 saturated carbocycles. The van der Waals surface area contributed by atoms with Gasteiger partial charge in [-0.25, -0.2) is 4.79 Å². The average Bonchev–Trinajstić information content (AvgIpc) is 2.73. The third-order valence-electron chi connectivity index (χ3n) is 6.09. The highest BCUT2D eigenvalue weighted by atomic mass is 16.3. The summed E-state index contributed by atoms with van der Waals surface area (Å²) in [5.41, 5.74) is 5.00. The molecule has 2 aromatic carbocycles. The van der Waals surface area contributed by atoms with Crippen molar-refractivity contribution in [2.45, 2.75) is 58.5 Å². The number of amides is 3. The van der Waals surface area contributed by atoms with Crippen LogP contribution in [0.25, 0.3) is 5.57 Å². The zero-order chi connectivity index (χ0) is 24.0. The number of aliphatic hydroxyl groups excluding tert-OH is 1. The molecule has 1 aliphatic rings. The SMILES string of the molecule is CN1C(=O)C(O)C(=C(c2ccc(C(C)(C)C)cc2)c2ccc(C(C)(C)C)cc2)N(C)C1=O. The molecule has 0 radical (unpaired) electrons. The Balaban J connectivity index is 2.26. The molecule has 1 saturated heterocycles. The quantitative estimate of drug-likeness (QED) is 0.729. The summed E-state index contributed by atoms with van der Waals surface area (Å²) in [5.74, 6) is -0.627. The van der Waals surface area contributed by atoms with Crippen molar-refractivity contribution in [3.05, 3.63) is 76.5 Å². The van der Waals surface area contributed by atoms with E-state index in [1.54, 1.807) is 7.05 Å². The maximum atomic E-state index is 12.7. The lowest BCUT2D eigenvalue weighted by Gasteiger charge is -2.36. The predicted octanol–water partition coefficient (Wildman–Crippen LogP) is 4.93. The van der Waals surface area contributed by atoms with Gasteiger partial charge in [-0.1, -0.05) is 90.1 Å². The van der Waals surface area contributed by atoms with Crippen LogP contribution in [0, 0.1) is 0 Å². The number of likely N-dealkylation sites (N-methyl/N-ethyl adjacent to an activating group) is 2. The third kappa shape index (κ3) is 4.35. The van der Waals surface area contributed by atoms with E-state index in [0.29, 0.717) is 11.3 Å². The summed E-state index contributed by atoms with van der Waals surface area (Å²) in [5, 5.41) is 10.9. The lowest BCUT2D eigenvalue weighted by molar-refractivity contribution is -0.137. The third-order valence-corrected chi connectivity index (χ3v) is 6.09. The van der Waals surface area contributed by atoms with E-state index in [9.17, 15) is 14.7 Å². The molecule has 0 aromatic heterocycles. The molecular formula is C27H34N2O3. The number of imide groups is 1. The summed E-state index contributed by atoms with van der Waals surface area (Å²) < 4.78 is 0. The maximum absolute atomic E-state index is 12.7. The van der Waals surface area contributed by atoms with Crippen LogP contribution < -0.4 is 0 Å². The van der Waals surface area contributed by atoms with Crippen LogP contribution in [0.5, 0.6) is 0 Å². The van der Waals surface area contributed by atoms with Gasteiger partial charge in [0.05, 0.1) is 5.70 Å². The normalized spacial score (nSPS) is 17.8. The number of carbonyl (C=O) groups is 2. The van der Waals surface area contributed by atoms with Crippen LogP contribution in [-0.4, -0.2) is 47.0 Å². The molecule has 1 aliphatic heterocycles. The highest BCUT2D eigenvalue weighted by Gasteiger charge is 2.40. The zero-order valence-electron chi connectivity index (χ0n) is 20.4. The molecule has 1 atom stereocenters. The first kappa shape index (κ1) is 23.7. The molecule has 2 aromatic rings. The van der Waals surface area contributed by atoms with Crippen molar-refractivity contribution in [1.82, 2.24) is 9.80 Å². The number of urea groups is 1. The molecule has 32 heavy (non-hydrogen) atoms. The first-order valence-electron chi connectivity index (χ1n) is 10.9. The number of nitrogens with zero attached hydrogens (tertiary/aromatic N) is 2. The summed E-state index contributed by atoms with van der Waals surface area (Å²) in [6.07, 6.45) is -1.43. The summed E-state index contributed by atoms with van der Waals surface area (Å²) in [4.78, 5) is 27.7. The minimum absolute atomic E-state index is 0.00399. The van der Waals surface area contributed by atoms with Gasteiger partial charge in [-0.2, -0.15) is 0 Å². The van der Waals surface area contributed by atoms with Crippen molar-refractivity contribution in [1.29, 1.82) is 0 Å². The molecular weight excluding hydrogens is 400 g/mol. The number of hydrogen-bond acceptors (Lipinski definition) is 3. The Hall–Kier alpha value is -2.92. The van der Waals surface area contributed by atoms with Crippen LogP contribution in [0.1, 0.15) is 63.8 Å². The number of benzene rings is 2. The lowest BCUT2D eigenvalue weighted by atomic mass is 9.83. The molecule has 0 spiro atoms. The fraction of sp³-hybridized carbons (Fsp3) is 0.407. The molecule has 5 nitrogen and oxygen atoms in total. The van der Waals surface area contributed by atoms with E-state index < -0.39 is 18.0 Å². The van der Waals surface area contributed by atoms with Crippen LogP contribution in [0.2, 0.25) is 0 Å². The topological polar surface area (TPSA) is 60.9 Å². The smallest absolute Gasteiger partial charge is 0.330 e. The zero-order valence-corrected chi connectivity index (χ0v) is 20.4. The van der Waals surface area contributed by atoms with Crippen molar-refractivity contribution in [2.24, 2.45) is 0 Å². The largest absolute Gasteiger partial charge is 0.377 e. The second kappa shape index (κ2) is 8.21. The first-order chi connectivity index (χ1) is 14.7. The summed E-state index contributed by atoms with van der Waals surface area (Å²) in [6, 6.07) is 15.8. The summed E-state index contributed by atoms with van der Waals surface area (Å²) in [7, 11) is 2.98. The summed E-state index contributed by atoms with van der Waals surface area (Å²) in [6.45, 7) is 12.9. The molecule has 5 heteroatoms. The van der Waals surface area contributed by atoms with Gasteiger partial charge in [-0.3, -0.25) is 14.6 Å². The Morgan fingerprint density at radius 2 is 1.09 bits per heavy atom. The van der Waals surface area contributed by atoms with Crippen molar-refractivity contribution >= 4 is 17.5 Å². The molecule has 0 aliphatic carbocycles. The van der Waals surface area contributed by atoms with Gasteiger partial charge in [0.25, 0.3) is 5.91 Å². The standard InChI is InChI=1S/C27H34N2O3/c1-26(2,3)19-13-9-17(10-14-19)21(18-11-15-20(16-12-18)27(4,5)6)22-23(30)24(31)29(8)25(32)28(22)7/h9-16,23,30H,1-8H3. The van der Waals surface area contributed by atoms with Crippen LogP contribution in [0.3, 0.4) is 0 Å². The molecule has 3 amide bonds. The van der Waals surface area contributed by atoms with Crippen molar-refractivity contribution < 1.29 is 14.7 Å². The Bertz CT molecular complexity index is 969. The van der Waals surface area contributed by atoms with E-state index in [4.69, 9.17) is 0 Å². The van der Waals surface area contributed by atoms with Crippen molar-refractivity contribution in [3.63, 3.8) is 0 Å². The van der Waals surface area contributed by atoms with E-state index in [0.717, 1.165) is 16.0 Å². The van der Waals surface area contributed by atoms with Gasteiger partial charge < -0.3 is 5.11 Å². The van der Waals surface area contributed by atoms with Gasteiger partial charge in [-0.05, 0) is 33.1 Å². The molecule has 1 N–H and O–H groups in total.